The number of benzene rings is 1. The summed E-state index contributed by atoms with van der Waals surface area (Å²) in [6, 6.07) is 10.4. The van der Waals surface area contributed by atoms with Crippen molar-refractivity contribution in [2.24, 2.45) is 0 Å². The van der Waals surface area contributed by atoms with Crippen LogP contribution in [0.15, 0.2) is 30.3 Å². The van der Waals surface area contributed by atoms with E-state index in [1.165, 1.54) is 5.56 Å². The van der Waals surface area contributed by atoms with Crippen LogP contribution in [0.2, 0.25) is 0 Å². The Morgan fingerprint density at radius 2 is 1.92 bits per heavy atom. The average molecular weight is 248 g/mol. The minimum absolute atomic E-state index is 0.0237. The molecule has 1 aromatic carbocycles. The summed E-state index contributed by atoms with van der Waals surface area (Å²) in [7, 11) is 0. The Morgan fingerprint density at radius 1 is 1.33 bits per heavy atom. The minimum atomic E-state index is 0.0237. The zero-order valence-corrected chi connectivity index (χ0v) is 9.40. The van der Waals surface area contributed by atoms with Crippen molar-refractivity contribution in [3.05, 3.63) is 35.9 Å². The third-order valence-electron chi connectivity index (χ3n) is 1.69. The number of rotatable bonds is 3. The van der Waals surface area contributed by atoms with E-state index in [9.17, 15) is 0 Å². The van der Waals surface area contributed by atoms with Crippen molar-refractivity contribution in [3.63, 3.8) is 0 Å². The molecule has 0 aliphatic heterocycles. The van der Waals surface area contributed by atoms with Crippen LogP contribution in [-0.4, -0.2) is 10.2 Å². The zero-order chi connectivity index (χ0) is 9.03. The molecule has 0 aliphatic rings. The molecule has 0 saturated carbocycles. The second kappa shape index (κ2) is 4.29. The summed E-state index contributed by atoms with van der Waals surface area (Å²) in [5.74, 6) is 0.627. The molecule has 0 bridgehead atoms. The summed E-state index contributed by atoms with van der Waals surface area (Å²) in [5.41, 5.74) is 1.32. The van der Waals surface area contributed by atoms with Crippen molar-refractivity contribution in [2.45, 2.75) is 17.7 Å². The maximum absolute atomic E-state index is 5.80. The van der Waals surface area contributed by atoms with Crippen molar-refractivity contribution < 1.29 is 0 Å². The van der Waals surface area contributed by atoms with Crippen molar-refractivity contribution in [3.8, 4) is 0 Å². The summed E-state index contributed by atoms with van der Waals surface area (Å²) < 4.78 is 0.0237. The predicted molar refractivity (Wildman–Crippen MR) is 58.2 cm³/mol. The second-order valence-electron chi connectivity index (χ2n) is 3.21. The summed E-state index contributed by atoms with van der Waals surface area (Å²) >= 11 is 9.38. The van der Waals surface area contributed by atoms with Crippen LogP contribution in [0.3, 0.4) is 0 Å². The first-order valence-corrected chi connectivity index (χ1v) is 5.26. The first kappa shape index (κ1) is 10.1. The Hall–Kier alpha value is -0.0100. The van der Waals surface area contributed by atoms with Gasteiger partial charge in [0.2, 0.25) is 0 Å². The fraction of sp³-hybridized carbons (Fsp3) is 0.400. The van der Waals surface area contributed by atoms with Gasteiger partial charge in [0.25, 0.3) is 0 Å². The van der Waals surface area contributed by atoms with Crippen LogP contribution in [0.1, 0.15) is 12.5 Å². The van der Waals surface area contributed by atoms with E-state index in [-0.39, 0.29) is 4.32 Å². The topological polar surface area (TPSA) is 0 Å². The van der Waals surface area contributed by atoms with Gasteiger partial charge >= 0.3 is 0 Å². The van der Waals surface area contributed by atoms with Gasteiger partial charge in [-0.25, -0.2) is 0 Å². The fourth-order valence-corrected chi connectivity index (χ4v) is 1.49. The third-order valence-corrected chi connectivity index (χ3v) is 3.17. The average Bonchev–Trinajstić information content (AvgIpc) is 2.06. The van der Waals surface area contributed by atoms with Crippen molar-refractivity contribution in [2.75, 3.05) is 5.88 Å². The van der Waals surface area contributed by atoms with Crippen LogP contribution in [-0.2, 0) is 6.42 Å². The Morgan fingerprint density at radius 3 is 2.42 bits per heavy atom. The SMILES string of the molecule is CC(Br)(CCl)Cc1ccccc1. The summed E-state index contributed by atoms with van der Waals surface area (Å²) in [4.78, 5) is 0. The van der Waals surface area contributed by atoms with Crippen LogP contribution < -0.4 is 0 Å². The van der Waals surface area contributed by atoms with Crippen molar-refractivity contribution in [1.29, 1.82) is 0 Å². The molecule has 0 saturated heterocycles. The maximum atomic E-state index is 5.80. The molecule has 0 radical (unpaired) electrons. The Bertz CT molecular complexity index is 231. The van der Waals surface area contributed by atoms with Gasteiger partial charge in [-0.05, 0) is 18.9 Å². The lowest BCUT2D eigenvalue weighted by molar-refractivity contribution is 0.732. The second-order valence-corrected chi connectivity index (χ2v) is 5.39. The highest BCUT2D eigenvalue weighted by molar-refractivity contribution is 9.10. The Labute approximate surface area is 87.1 Å². The summed E-state index contributed by atoms with van der Waals surface area (Å²) in [6.07, 6.45) is 0.970. The molecule has 1 atom stereocenters. The van der Waals surface area contributed by atoms with Gasteiger partial charge in [-0.2, -0.15) is 0 Å². The molecule has 0 heterocycles. The molecule has 1 unspecified atom stereocenters. The van der Waals surface area contributed by atoms with Gasteiger partial charge in [-0.15, -0.1) is 11.6 Å². The fourth-order valence-electron chi connectivity index (χ4n) is 1.07. The highest BCUT2D eigenvalue weighted by Gasteiger charge is 2.18. The molecule has 0 fully saturated rings. The lowest BCUT2D eigenvalue weighted by Crippen LogP contribution is -2.20. The van der Waals surface area contributed by atoms with E-state index >= 15 is 0 Å². The normalized spacial score (nSPS) is 15.6. The quantitative estimate of drug-likeness (QED) is 0.716. The van der Waals surface area contributed by atoms with E-state index in [2.05, 4.69) is 35.0 Å². The van der Waals surface area contributed by atoms with Crippen LogP contribution >= 0.6 is 27.5 Å². The molecule has 0 aromatic heterocycles. The Kier molecular flexibility index (Phi) is 3.60. The van der Waals surface area contributed by atoms with Crippen LogP contribution in [0.4, 0.5) is 0 Å². The van der Waals surface area contributed by atoms with E-state index in [1.54, 1.807) is 0 Å². The molecular weight excluding hydrogens is 235 g/mol. The number of halogens is 2. The number of hydrogen-bond donors (Lipinski definition) is 0. The molecule has 0 amide bonds. The lowest BCUT2D eigenvalue weighted by Gasteiger charge is -2.18. The molecule has 0 aliphatic carbocycles. The van der Waals surface area contributed by atoms with Crippen molar-refractivity contribution in [1.82, 2.24) is 0 Å². The minimum Gasteiger partial charge on any atom is -0.125 e. The lowest BCUT2D eigenvalue weighted by atomic mass is 10.0. The highest BCUT2D eigenvalue weighted by Crippen LogP contribution is 2.24. The van der Waals surface area contributed by atoms with E-state index in [0.29, 0.717) is 5.88 Å². The van der Waals surface area contributed by atoms with Gasteiger partial charge in [0, 0.05) is 10.2 Å². The number of alkyl halides is 2. The van der Waals surface area contributed by atoms with E-state index in [4.69, 9.17) is 11.6 Å². The van der Waals surface area contributed by atoms with E-state index < -0.39 is 0 Å². The largest absolute Gasteiger partial charge is 0.125 e. The van der Waals surface area contributed by atoms with Gasteiger partial charge in [-0.3, -0.25) is 0 Å². The first-order valence-electron chi connectivity index (χ1n) is 3.93. The standard InChI is InChI=1S/C10H12BrCl/c1-10(11,8-12)7-9-5-3-2-4-6-9/h2-6H,7-8H2,1H3. The molecule has 12 heavy (non-hydrogen) atoms. The molecule has 0 nitrogen and oxygen atoms in total. The van der Waals surface area contributed by atoms with Crippen LogP contribution in [0.25, 0.3) is 0 Å². The molecule has 66 valence electrons. The zero-order valence-electron chi connectivity index (χ0n) is 7.06. The van der Waals surface area contributed by atoms with Gasteiger partial charge < -0.3 is 0 Å². The van der Waals surface area contributed by atoms with E-state index in [0.717, 1.165) is 6.42 Å². The van der Waals surface area contributed by atoms with Gasteiger partial charge in [0.05, 0.1) is 0 Å². The highest BCUT2D eigenvalue weighted by atomic mass is 79.9. The predicted octanol–water partition coefficient (Wildman–Crippen LogP) is 3.62. The molecule has 2 heteroatoms. The summed E-state index contributed by atoms with van der Waals surface area (Å²) in [6.45, 7) is 2.10. The monoisotopic (exact) mass is 246 g/mol. The molecule has 1 aromatic rings. The Balaban J connectivity index is 2.64. The van der Waals surface area contributed by atoms with E-state index in [1.807, 2.05) is 18.2 Å². The smallest absolute Gasteiger partial charge is 0.0405 e. The molecular formula is C10H12BrCl. The molecule has 0 spiro atoms. The van der Waals surface area contributed by atoms with Crippen LogP contribution in [0.5, 0.6) is 0 Å². The molecule has 1 rings (SSSR count). The first-order chi connectivity index (χ1) is 5.64. The van der Waals surface area contributed by atoms with Gasteiger partial charge in [0.1, 0.15) is 0 Å². The van der Waals surface area contributed by atoms with Gasteiger partial charge in [0.15, 0.2) is 0 Å². The summed E-state index contributed by atoms with van der Waals surface area (Å²) in [5, 5.41) is 0. The third kappa shape index (κ3) is 3.16. The van der Waals surface area contributed by atoms with Crippen molar-refractivity contribution >= 4 is 27.5 Å². The molecule has 0 N–H and O–H groups in total. The maximum Gasteiger partial charge on any atom is 0.0405 e. The van der Waals surface area contributed by atoms with Gasteiger partial charge in [-0.1, -0.05) is 46.3 Å². The van der Waals surface area contributed by atoms with Crippen LogP contribution in [0, 0.1) is 0 Å². The number of hydrogen-bond acceptors (Lipinski definition) is 0.